The lowest BCUT2D eigenvalue weighted by atomic mass is 10.4. The third-order valence-electron chi connectivity index (χ3n) is 1.47. The van der Waals surface area contributed by atoms with Crippen LogP contribution in [0.3, 0.4) is 0 Å². The minimum Gasteiger partial charge on any atom is -0.447 e. The lowest BCUT2D eigenvalue weighted by molar-refractivity contribution is 0.0217. The quantitative estimate of drug-likeness (QED) is 0.600. The van der Waals surface area contributed by atoms with Gasteiger partial charge in [0, 0.05) is 6.54 Å². The van der Waals surface area contributed by atoms with Gasteiger partial charge in [-0.25, -0.2) is 4.79 Å². The van der Waals surface area contributed by atoms with Gasteiger partial charge < -0.3 is 24.6 Å². The van der Waals surface area contributed by atoms with E-state index >= 15 is 0 Å². The zero-order valence-electron chi connectivity index (χ0n) is 7.19. The number of aliphatic hydroxyl groups is 1. The third kappa shape index (κ3) is 4.07. The van der Waals surface area contributed by atoms with Gasteiger partial charge in [-0.1, -0.05) is 0 Å². The summed E-state index contributed by atoms with van der Waals surface area (Å²) < 4.78 is 14.7. The number of ether oxygens (including phenoxy) is 3. The van der Waals surface area contributed by atoms with Crippen molar-refractivity contribution in [1.29, 1.82) is 0 Å². The van der Waals surface area contributed by atoms with Crippen LogP contribution in [0.1, 0.15) is 0 Å². The van der Waals surface area contributed by atoms with Gasteiger partial charge in [-0.05, 0) is 0 Å². The summed E-state index contributed by atoms with van der Waals surface area (Å²) in [7, 11) is 0. The molecule has 1 amide bonds. The predicted octanol–water partition coefficient (Wildman–Crippen LogP) is -0.922. The zero-order chi connectivity index (χ0) is 9.52. The Balaban J connectivity index is 2.00. The van der Waals surface area contributed by atoms with Gasteiger partial charge in [-0.2, -0.15) is 0 Å². The van der Waals surface area contributed by atoms with Crippen molar-refractivity contribution < 1.29 is 24.1 Å². The lowest BCUT2D eigenvalue weighted by Gasteiger charge is -2.08. The summed E-state index contributed by atoms with van der Waals surface area (Å²) in [4.78, 5) is 10.8. The maximum atomic E-state index is 10.8. The van der Waals surface area contributed by atoms with Crippen molar-refractivity contribution in [2.75, 3.05) is 33.2 Å². The van der Waals surface area contributed by atoms with Crippen molar-refractivity contribution in [2.45, 2.75) is 6.10 Å². The fraction of sp³-hybridized carbons (Fsp3) is 0.857. The van der Waals surface area contributed by atoms with Gasteiger partial charge in [0.05, 0.1) is 13.2 Å². The van der Waals surface area contributed by atoms with Crippen LogP contribution in [0.25, 0.3) is 0 Å². The van der Waals surface area contributed by atoms with Crippen LogP contribution in [0.15, 0.2) is 0 Å². The van der Waals surface area contributed by atoms with Gasteiger partial charge in [0.15, 0.2) is 0 Å². The summed E-state index contributed by atoms with van der Waals surface area (Å²) in [6, 6.07) is 0. The number of aliphatic hydroxyl groups excluding tert-OH is 1. The molecule has 1 aliphatic rings. The molecule has 0 aliphatic carbocycles. The highest BCUT2D eigenvalue weighted by Gasteiger charge is 2.17. The van der Waals surface area contributed by atoms with Crippen LogP contribution in [-0.2, 0) is 14.2 Å². The maximum absolute atomic E-state index is 10.8. The molecular weight excluding hydrogens is 178 g/mol. The highest BCUT2D eigenvalue weighted by atomic mass is 16.7. The Morgan fingerprint density at radius 2 is 2.54 bits per heavy atom. The van der Waals surface area contributed by atoms with Gasteiger partial charge in [-0.15, -0.1) is 0 Å². The van der Waals surface area contributed by atoms with E-state index in [9.17, 15) is 4.79 Å². The first-order valence-corrected chi connectivity index (χ1v) is 4.03. The highest BCUT2D eigenvalue weighted by Crippen LogP contribution is 2.02. The summed E-state index contributed by atoms with van der Waals surface area (Å²) in [5.74, 6) is 0. The van der Waals surface area contributed by atoms with E-state index in [1.807, 2.05) is 0 Å². The molecule has 1 atom stereocenters. The van der Waals surface area contributed by atoms with Gasteiger partial charge in [-0.3, -0.25) is 0 Å². The number of hydrogen-bond donors (Lipinski definition) is 2. The van der Waals surface area contributed by atoms with Gasteiger partial charge >= 0.3 is 6.09 Å². The fourth-order valence-corrected chi connectivity index (χ4v) is 0.846. The highest BCUT2D eigenvalue weighted by molar-refractivity contribution is 5.67. The number of nitrogens with one attached hydrogen (secondary N) is 1. The van der Waals surface area contributed by atoms with Crippen molar-refractivity contribution in [2.24, 2.45) is 0 Å². The first kappa shape index (κ1) is 10.2. The lowest BCUT2D eigenvalue weighted by Crippen LogP contribution is -2.30. The van der Waals surface area contributed by atoms with Crippen LogP contribution < -0.4 is 5.32 Å². The molecule has 76 valence electrons. The van der Waals surface area contributed by atoms with Crippen molar-refractivity contribution in [1.82, 2.24) is 5.32 Å². The van der Waals surface area contributed by atoms with Crippen molar-refractivity contribution >= 4 is 6.09 Å². The van der Waals surface area contributed by atoms with E-state index in [1.54, 1.807) is 0 Å². The molecule has 0 aromatic carbocycles. The second kappa shape index (κ2) is 5.74. The number of carbonyl (C=O) groups is 1. The summed E-state index contributed by atoms with van der Waals surface area (Å²) in [6.07, 6.45) is -0.718. The summed E-state index contributed by atoms with van der Waals surface area (Å²) in [5.41, 5.74) is 0. The van der Waals surface area contributed by atoms with Crippen LogP contribution in [-0.4, -0.2) is 50.5 Å². The zero-order valence-corrected chi connectivity index (χ0v) is 7.19. The average molecular weight is 191 g/mol. The third-order valence-corrected chi connectivity index (χ3v) is 1.47. The largest absolute Gasteiger partial charge is 0.447 e. The summed E-state index contributed by atoms with van der Waals surface area (Å²) >= 11 is 0. The van der Waals surface area contributed by atoms with Crippen LogP contribution in [0.4, 0.5) is 4.79 Å². The minimum atomic E-state index is -0.551. The Bertz CT molecular complexity index is 157. The topological polar surface area (TPSA) is 77.0 Å². The van der Waals surface area contributed by atoms with E-state index in [4.69, 9.17) is 19.3 Å². The second-order valence-electron chi connectivity index (χ2n) is 2.53. The molecule has 0 aromatic rings. The Kier molecular flexibility index (Phi) is 4.52. The van der Waals surface area contributed by atoms with Crippen molar-refractivity contribution in [3.63, 3.8) is 0 Å². The molecule has 6 heteroatoms. The number of rotatable bonds is 4. The SMILES string of the molecule is O=C(NCCO)OCC1COCO1. The molecule has 1 aliphatic heterocycles. The van der Waals surface area contributed by atoms with E-state index in [0.29, 0.717) is 6.61 Å². The Morgan fingerprint density at radius 1 is 1.69 bits per heavy atom. The summed E-state index contributed by atoms with van der Waals surface area (Å²) in [5, 5.41) is 10.7. The van der Waals surface area contributed by atoms with E-state index in [0.717, 1.165) is 0 Å². The number of amides is 1. The molecule has 0 bridgehead atoms. The molecule has 1 unspecified atom stereocenters. The fourth-order valence-electron chi connectivity index (χ4n) is 0.846. The monoisotopic (exact) mass is 191 g/mol. The molecule has 1 rings (SSSR count). The molecule has 1 saturated heterocycles. The Labute approximate surface area is 75.8 Å². The number of carbonyl (C=O) groups excluding carboxylic acids is 1. The van der Waals surface area contributed by atoms with E-state index in [-0.39, 0.29) is 32.7 Å². The molecule has 6 nitrogen and oxygen atoms in total. The molecule has 1 fully saturated rings. The maximum Gasteiger partial charge on any atom is 0.407 e. The van der Waals surface area contributed by atoms with E-state index in [2.05, 4.69) is 5.32 Å². The molecule has 0 radical (unpaired) electrons. The summed E-state index contributed by atoms with van der Waals surface area (Å²) in [6.45, 7) is 0.982. The molecule has 2 N–H and O–H groups in total. The standard InChI is InChI=1S/C7H13NO5/c9-2-1-8-7(10)12-4-6-3-11-5-13-6/h6,9H,1-5H2,(H,8,10). The van der Waals surface area contributed by atoms with E-state index in [1.165, 1.54) is 0 Å². The average Bonchev–Trinajstić information content (AvgIpc) is 2.64. The van der Waals surface area contributed by atoms with Crippen molar-refractivity contribution in [3.8, 4) is 0 Å². The number of hydrogen-bond acceptors (Lipinski definition) is 5. The molecule has 13 heavy (non-hydrogen) atoms. The van der Waals surface area contributed by atoms with Crippen LogP contribution in [0.2, 0.25) is 0 Å². The van der Waals surface area contributed by atoms with Crippen molar-refractivity contribution in [3.05, 3.63) is 0 Å². The van der Waals surface area contributed by atoms with Gasteiger partial charge in [0.1, 0.15) is 19.5 Å². The Hall–Kier alpha value is -0.850. The first-order chi connectivity index (χ1) is 6.33. The van der Waals surface area contributed by atoms with Crippen LogP contribution in [0, 0.1) is 0 Å². The van der Waals surface area contributed by atoms with E-state index < -0.39 is 6.09 Å². The van der Waals surface area contributed by atoms with Crippen LogP contribution >= 0.6 is 0 Å². The molecule has 0 aromatic heterocycles. The van der Waals surface area contributed by atoms with Gasteiger partial charge in [0.25, 0.3) is 0 Å². The minimum absolute atomic E-state index is 0.0991. The second-order valence-corrected chi connectivity index (χ2v) is 2.53. The molecule has 1 heterocycles. The number of alkyl carbamates (subject to hydrolysis) is 1. The van der Waals surface area contributed by atoms with Crippen LogP contribution in [0.5, 0.6) is 0 Å². The first-order valence-electron chi connectivity index (χ1n) is 4.03. The Morgan fingerprint density at radius 3 is 3.15 bits per heavy atom. The normalized spacial score (nSPS) is 21.5. The predicted molar refractivity (Wildman–Crippen MR) is 42.1 cm³/mol. The molecular formula is C7H13NO5. The van der Waals surface area contributed by atoms with Gasteiger partial charge in [0.2, 0.25) is 0 Å². The smallest absolute Gasteiger partial charge is 0.407 e. The molecule has 0 spiro atoms. The molecule has 0 saturated carbocycles.